The van der Waals surface area contributed by atoms with E-state index in [0.717, 1.165) is 32.4 Å². The summed E-state index contributed by atoms with van der Waals surface area (Å²) >= 11 is 0. The minimum Gasteiger partial charge on any atom is -0.385 e. The lowest BCUT2D eigenvalue weighted by Gasteiger charge is -2.26. The van der Waals surface area contributed by atoms with Crippen LogP contribution in [-0.2, 0) is 14.3 Å². The van der Waals surface area contributed by atoms with Gasteiger partial charge in [0.15, 0.2) is 0 Å². The van der Waals surface area contributed by atoms with Gasteiger partial charge in [-0.1, -0.05) is 0 Å². The van der Waals surface area contributed by atoms with Gasteiger partial charge in [0.05, 0.1) is 6.04 Å². The normalized spacial score (nSPS) is 16.8. The van der Waals surface area contributed by atoms with Crippen LogP contribution in [0.3, 0.4) is 0 Å². The number of ether oxygens (including phenoxy) is 1. The highest BCUT2D eigenvalue weighted by Crippen LogP contribution is 2.09. The number of methoxy groups -OCH3 is 1. The van der Waals surface area contributed by atoms with Crippen LogP contribution in [0.2, 0.25) is 0 Å². The second kappa shape index (κ2) is 9.72. The summed E-state index contributed by atoms with van der Waals surface area (Å²) in [4.78, 5) is 25.5. The predicted octanol–water partition coefficient (Wildman–Crippen LogP) is 0.259. The first-order chi connectivity index (χ1) is 9.65. The molecule has 0 spiro atoms. The Balaban J connectivity index is 2.12. The van der Waals surface area contributed by atoms with Crippen LogP contribution in [0.5, 0.6) is 0 Å². The van der Waals surface area contributed by atoms with Gasteiger partial charge in [0, 0.05) is 39.8 Å². The average molecular weight is 285 g/mol. The predicted molar refractivity (Wildman–Crippen MR) is 77.1 cm³/mol. The van der Waals surface area contributed by atoms with E-state index in [1.165, 1.54) is 6.42 Å². The second-order valence-corrected chi connectivity index (χ2v) is 5.22. The SMILES string of the molecule is COCCCC(N)C(=O)NCCC(=O)N1CCCCC1. The van der Waals surface area contributed by atoms with Crippen LogP contribution < -0.4 is 11.1 Å². The van der Waals surface area contributed by atoms with Crippen molar-refractivity contribution in [2.75, 3.05) is 33.4 Å². The molecule has 116 valence electrons. The number of carbonyl (C=O) groups is 2. The van der Waals surface area contributed by atoms with Gasteiger partial charge in [0.25, 0.3) is 0 Å². The molecule has 3 N–H and O–H groups in total. The quantitative estimate of drug-likeness (QED) is 0.627. The molecule has 1 heterocycles. The maximum atomic E-state index is 11.9. The van der Waals surface area contributed by atoms with Gasteiger partial charge >= 0.3 is 0 Å². The lowest BCUT2D eigenvalue weighted by atomic mass is 10.1. The van der Waals surface area contributed by atoms with Crippen molar-refractivity contribution in [1.82, 2.24) is 10.2 Å². The number of likely N-dealkylation sites (tertiary alicyclic amines) is 1. The molecule has 0 aromatic rings. The van der Waals surface area contributed by atoms with E-state index in [4.69, 9.17) is 10.5 Å². The summed E-state index contributed by atoms with van der Waals surface area (Å²) in [7, 11) is 1.62. The van der Waals surface area contributed by atoms with Crippen LogP contribution in [-0.4, -0.2) is 56.1 Å². The molecule has 0 aromatic carbocycles. The summed E-state index contributed by atoms with van der Waals surface area (Å²) in [5.74, 6) is -0.0644. The third-order valence-corrected chi connectivity index (χ3v) is 3.55. The third-order valence-electron chi connectivity index (χ3n) is 3.55. The molecule has 0 radical (unpaired) electrons. The van der Waals surface area contributed by atoms with Crippen LogP contribution in [0.25, 0.3) is 0 Å². The average Bonchev–Trinajstić information content (AvgIpc) is 2.48. The summed E-state index contributed by atoms with van der Waals surface area (Å²) in [5.41, 5.74) is 5.75. The summed E-state index contributed by atoms with van der Waals surface area (Å²) < 4.78 is 4.91. The molecule has 1 atom stereocenters. The van der Waals surface area contributed by atoms with E-state index in [1.54, 1.807) is 7.11 Å². The van der Waals surface area contributed by atoms with Crippen molar-refractivity contribution in [3.05, 3.63) is 0 Å². The fourth-order valence-corrected chi connectivity index (χ4v) is 2.30. The van der Waals surface area contributed by atoms with Crippen molar-refractivity contribution in [2.24, 2.45) is 5.73 Å². The van der Waals surface area contributed by atoms with E-state index in [0.29, 0.717) is 26.0 Å². The lowest BCUT2D eigenvalue weighted by Crippen LogP contribution is -2.43. The van der Waals surface area contributed by atoms with Gasteiger partial charge in [-0.15, -0.1) is 0 Å². The summed E-state index contributed by atoms with van der Waals surface area (Å²) in [5, 5.41) is 2.73. The van der Waals surface area contributed by atoms with Crippen molar-refractivity contribution in [2.45, 2.75) is 44.6 Å². The Hall–Kier alpha value is -1.14. The number of carbonyl (C=O) groups excluding carboxylic acids is 2. The molecule has 0 aliphatic carbocycles. The Kier molecular flexibility index (Phi) is 8.22. The van der Waals surface area contributed by atoms with Gasteiger partial charge in [-0.05, 0) is 32.1 Å². The Morgan fingerprint density at radius 2 is 2.00 bits per heavy atom. The van der Waals surface area contributed by atoms with Crippen molar-refractivity contribution >= 4 is 11.8 Å². The molecule has 1 aliphatic heterocycles. The molecule has 1 fully saturated rings. The number of piperidine rings is 1. The van der Waals surface area contributed by atoms with E-state index in [2.05, 4.69) is 5.32 Å². The second-order valence-electron chi connectivity index (χ2n) is 5.22. The van der Waals surface area contributed by atoms with Gasteiger partial charge in [0.2, 0.25) is 11.8 Å². The molecule has 1 rings (SSSR count). The summed E-state index contributed by atoms with van der Waals surface area (Å²) in [6.07, 6.45) is 5.09. The Morgan fingerprint density at radius 3 is 2.65 bits per heavy atom. The van der Waals surface area contributed by atoms with Crippen molar-refractivity contribution < 1.29 is 14.3 Å². The van der Waals surface area contributed by atoms with E-state index < -0.39 is 6.04 Å². The number of hydrogen-bond donors (Lipinski definition) is 2. The highest BCUT2D eigenvalue weighted by Gasteiger charge is 2.17. The minimum atomic E-state index is -0.518. The Morgan fingerprint density at radius 1 is 1.30 bits per heavy atom. The summed E-state index contributed by atoms with van der Waals surface area (Å²) in [6.45, 7) is 2.67. The number of nitrogens with one attached hydrogen (secondary N) is 1. The van der Waals surface area contributed by atoms with E-state index >= 15 is 0 Å². The van der Waals surface area contributed by atoms with Gasteiger partial charge in [0.1, 0.15) is 0 Å². The van der Waals surface area contributed by atoms with Crippen molar-refractivity contribution in [1.29, 1.82) is 0 Å². The zero-order chi connectivity index (χ0) is 14.8. The maximum Gasteiger partial charge on any atom is 0.236 e. The van der Waals surface area contributed by atoms with E-state index in [-0.39, 0.29) is 11.8 Å². The molecule has 0 bridgehead atoms. The standard InChI is InChI=1S/C14H27N3O3/c1-20-11-5-6-12(15)14(19)16-8-7-13(18)17-9-3-2-4-10-17/h12H,2-11,15H2,1H3,(H,16,19). The maximum absolute atomic E-state index is 11.9. The first-order valence-electron chi connectivity index (χ1n) is 7.45. The van der Waals surface area contributed by atoms with Gasteiger partial charge in [-0.2, -0.15) is 0 Å². The molecular formula is C14H27N3O3. The molecule has 0 saturated carbocycles. The molecule has 1 saturated heterocycles. The highest BCUT2D eigenvalue weighted by atomic mass is 16.5. The van der Waals surface area contributed by atoms with Gasteiger partial charge in [-0.25, -0.2) is 0 Å². The van der Waals surface area contributed by atoms with E-state index in [1.807, 2.05) is 4.90 Å². The molecule has 0 aromatic heterocycles. The smallest absolute Gasteiger partial charge is 0.236 e. The van der Waals surface area contributed by atoms with Crippen LogP contribution in [0.1, 0.15) is 38.5 Å². The van der Waals surface area contributed by atoms with Crippen molar-refractivity contribution in [3.63, 3.8) is 0 Å². The molecule has 20 heavy (non-hydrogen) atoms. The first-order valence-corrected chi connectivity index (χ1v) is 7.45. The lowest BCUT2D eigenvalue weighted by molar-refractivity contribution is -0.132. The van der Waals surface area contributed by atoms with Crippen molar-refractivity contribution in [3.8, 4) is 0 Å². The molecule has 1 unspecified atom stereocenters. The largest absolute Gasteiger partial charge is 0.385 e. The van der Waals surface area contributed by atoms with Crippen LogP contribution >= 0.6 is 0 Å². The molecule has 6 heteroatoms. The van der Waals surface area contributed by atoms with Crippen LogP contribution in [0.4, 0.5) is 0 Å². The zero-order valence-electron chi connectivity index (χ0n) is 12.4. The molecule has 1 aliphatic rings. The first kappa shape index (κ1) is 16.9. The Labute approximate surface area is 121 Å². The number of nitrogens with two attached hydrogens (primary N) is 1. The topological polar surface area (TPSA) is 84.7 Å². The fraction of sp³-hybridized carbons (Fsp3) is 0.857. The van der Waals surface area contributed by atoms with Gasteiger partial charge in [-0.3, -0.25) is 9.59 Å². The number of nitrogens with zero attached hydrogens (tertiary/aromatic N) is 1. The van der Waals surface area contributed by atoms with Crippen LogP contribution in [0, 0.1) is 0 Å². The zero-order valence-corrected chi connectivity index (χ0v) is 12.4. The highest BCUT2D eigenvalue weighted by molar-refractivity contribution is 5.82. The monoisotopic (exact) mass is 285 g/mol. The van der Waals surface area contributed by atoms with E-state index in [9.17, 15) is 9.59 Å². The van der Waals surface area contributed by atoms with Crippen LogP contribution in [0.15, 0.2) is 0 Å². The molecular weight excluding hydrogens is 258 g/mol. The number of hydrogen-bond acceptors (Lipinski definition) is 4. The molecule has 6 nitrogen and oxygen atoms in total. The number of amides is 2. The number of rotatable bonds is 8. The Bertz CT molecular complexity index is 304. The minimum absolute atomic E-state index is 0.123. The summed E-state index contributed by atoms with van der Waals surface area (Å²) in [6, 6.07) is -0.518. The third kappa shape index (κ3) is 6.34. The van der Waals surface area contributed by atoms with Gasteiger partial charge < -0.3 is 20.7 Å². The fourth-order valence-electron chi connectivity index (χ4n) is 2.30. The molecule has 2 amide bonds.